The third kappa shape index (κ3) is 6.97. The maximum absolute atomic E-state index is 13.1. The van der Waals surface area contributed by atoms with Crippen LogP contribution in [0.25, 0.3) is 11.1 Å². The van der Waals surface area contributed by atoms with Crippen LogP contribution in [-0.2, 0) is 32.3 Å². The third-order valence-corrected chi connectivity index (χ3v) is 6.47. The molecule has 0 N–H and O–H groups in total. The first-order valence-electron chi connectivity index (χ1n) is 11.3. The van der Waals surface area contributed by atoms with E-state index in [0.29, 0.717) is 24.6 Å². The van der Waals surface area contributed by atoms with Gasteiger partial charge in [-0.1, -0.05) is 23.8 Å². The molecular weight excluding hydrogens is 564 g/mol. The van der Waals surface area contributed by atoms with E-state index in [-0.39, 0.29) is 44.8 Å². The minimum Gasteiger partial charge on any atom is -0.497 e. The van der Waals surface area contributed by atoms with Gasteiger partial charge in [0, 0.05) is 30.2 Å². The molecule has 1 saturated heterocycles. The van der Waals surface area contributed by atoms with E-state index in [1.807, 2.05) is 0 Å². The second kappa shape index (κ2) is 12.5. The van der Waals surface area contributed by atoms with Crippen LogP contribution in [0.15, 0.2) is 30.5 Å². The zero-order valence-electron chi connectivity index (χ0n) is 20.2. The topological polar surface area (TPSA) is 85.3 Å². The van der Waals surface area contributed by atoms with Crippen molar-refractivity contribution in [3.8, 4) is 28.7 Å². The first-order valence-corrected chi connectivity index (χ1v) is 12.1. The van der Waals surface area contributed by atoms with Crippen LogP contribution in [-0.4, -0.2) is 53.0 Å². The number of hydrogen-bond donors (Lipinski definition) is 0. The van der Waals surface area contributed by atoms with Crippen molar-refractivity contribution >= 4 is 23.5 Å². The molecule has 1 atom stereocenters. The maximum Gasteiger partial charge on any atom is 2.00 e. The number of nitrogens with zero attached hydrogens (tertiary/aromatic N) is 4. The van der Waals surface area contributed by atoms with Crippen LogP contribution in [0, 0.1) is 23.3 Å². The molecular formula is C26H21F3N4NiO3S. The van der Waals surface area contributed by atoms with Gasteiger partial charge in [0.05, 0.1) is 24.9 Å². The Morgan fingerprint density at radius 2 is 1.97 bits per heavy atom. The number of likely N-dealkylation sites (N-methyl/N-ethyl adjacent to an activating group) is 1. The standard InChI is InChI=1S/C19H16F3N2O3.C7H5N2S.Ni/c1-24-6-5-13(18(24)26)16-8-14(11(10-25)9-23-16)15-7-12(19(20,21)22)3-4-17(15)27-2;1-2-6(1)3-4-7-9-8-5-10-7;/h3-4,7-9,13H,5-6H2,1-2H3;6H,1-2H2;/q2*-1;+2. The molecule has 3 aromatic rings. The SMILES string of the molecule is C(#CC1CC1)c1nn[c-]s1.COc1ccc(C(F)(F)F)cc1-c1cc(C2CCN(C)C2=O)ncc1[C-]=O.[Ni+2]. The third-order valence-electron chi connectivity index (χ3n) is 5.92. The summed E-state index contributed by atoms with van der Waals surface area (Å²) < 4.78 is 44.6. The Balaban J connectivity index is 0.000000303. The molecule has 0 bridgehead atoms. The number of likely N-dealkylation sites (tertiary alicyclic amines) is 1. The number of aromatic nitrogens is 3. The van der Waals surface area contributed by atoms with Crippen LogP contribution >= 0.6 is 11.3 Å². The molecule has 1 aliphatic heterocycles. The van der Waals surface area contributed by atoms with Crippen molar-refractivity contribution in [3.63, 3.8) is 0 Å². The van der Waals surface area contributed by atoms with Crippen molar-refractivity contribution in [3.05, 3.63) is 57.8 Å². The van der Waals surface area contributed by atoms with E-state index in [1.165, 1.54) is 49.6 Å². The van der Waals surface area contributed by atoms with Gasteiger partial charge in [-0.3, -0.25) is 9.89 Å². The number of amides is 1. The van der Waals surface area contributed by atoms with Crippen molar-refractivity contribution in [2.75, 3.05) is 20.7 Å². The minimum atomic E-state index is -4.55. The smallest absolute Gasteiger partial charge is 0.497 e. The summed E-state index contributed by atoms with van der Waals surface area (Å²) in [5.74, 6) is 6.25. The Kier molecular flexibility index (Phi) is 9.63. The second-order valence-electron chi connectivity index (χ2n) is 8.51. The number of hydrogen-bond acceptors (Lipinski definition) is 7. The maximum atomic E-state index is 13.1. The monoisotopic (exact) mass is 584 g/mol. The van der Waals surface area contributed by atoms with Crippen molar-refractivity contribution in [2.45, 2.75) is 31.4 Å². The molecule has 3 heterocycles. The number of pyridine rings is 1. The number of carbonyl (C=O) groups excluding carboxylic acids is 2. The Morgan fingerprint density at radius 1 is 1.21 bits per heavy atom. The molecule has 7 nitrogen and oxygen atoms in total. The molecule has 1 amide bonds. The van der Waals surface area contributed by atoms with Crippen molar-refractivity contribution in [2.24, 2.45) is 5.92 Å². The van der Waals surface area contributed by atoms with Gasteiger partial charge in [0.15, 0.2) is 0 Å². The van der Waals surface area contributed by atoms with Crippen LogP contribution < -0.4 is 4.74 Å². The van der Waals surface area contributed by atoms with E-state index in [2.05, 4.69) is 32.5 Å². The van der Waals surface area contributed by atoms with Gasteiger partial charge < -0.3 is 30.8 Å². The van der Waals surface area contributed by atoms with E-state index >= 15 is 0 Å². The summed E-state index contributed by atoms with van der Waals surface area (Å²) in [5.41, 5.74) is 2.46. The minimum absolute atomic E-state index is 0. The Labute approximate surface area is 231 Å². The summed E-state index contributed by atoms with van der Waals surface area (Å²) in [4.78, 5) is 29.3. The molecule has 0 radical (unpaired) electrons. The molecule has 12 heteroatoms. The summed E-state index contributed by atoms with van der Waals surface area (Å²) >= 11 is 1.37. The molecule has 200 valence electrons. The molecule has 1 aliphatic carbocycles. The summed E-state index contributed by atoms with van der Waals surface area (Å²) in [6.07, 6.45) is 1.44. The molecule has 2 fully saturated rings. The van der Waals surface area contributed by atoms with Gasteiger partial charge in [0.25, 0.3) is 0 Å². The normalized spacial score (nSPS) is 16.5. The number of methoxy groups -OCH3 is 1. The van der Waals surface area contributed by atoms with Crippen LogP contribution in [0.4, 0.5) is 13.2 Å². The Hall–Kier alpha value is -3.29. The molecule has 5 rings (SSSR count). The first-order chi connectivity index (χ1) is 17.7. The Morgan fingerprint density at radius 3 is 2.53 bits per heavy atom. The van der Waals surface area contributed by atoms with E-state index in [4.69, 9.17) is 4.74 Å². The molecule has 2 aromatic heterocycles. The number of ether oxygens (including phenoxy) is 1. The van der Waals surface area contributed by atoms with Crippen LogP contribution in [0.3, 0.4) is 0 Å². The average molecular weight is 585 g/mol. The number of rotatable bonds is 4. The fourth-order valence-corrected chi connectivity index (χ4v) is 4.11. The van der Waals surface area contributed by atoms with Gasteiger partial charge in [-0.15, -0.1) is 23.0 Å². The van der Waals surface area contributed by atoms with E-state index in [0.717, 1.165) is 17.1 Å². The molecule has 38 heavy (non-hydrogen) atoms. The Bertz CT molecular complexity index is 1350. The summed E-state index contributed by atoms with van der Waals surface area (Å²) in [5, 5.41) is 8.10. The predicted octanol–water partition coefficient (Wildman–Crippen LogP) is 4.28. The van der Waals surface area contributed by atoms with Crippen LogP contribution in [0.5, 0.6) is 5.75 Å². The van der Waals surface area contributed by atoms with Gasteiger partial charge in [0.2, 0.25) is 5.91 Å². The number of alkyl halides is 3. The van der Waals surface area contributed by atoms with Gasteiger partial charge in [-0.25, -0.2) is 5.10 Å². The fourth-order valence-electron chi connectivity index (χ4n) is 3.75. The van der Waals surface area contributed by atoms with Crippen molar-refractivity contribution in [1.82, 2.24) is 20.1 Å². The van der Waals surface area contributed by atoms with Gasteiger partial charge in [0.1, 0.15) is 5.75 Å². The summed E-state index contributed by atoms with van der Waals surface area (Å²) in [6.45, 7) is 0.564. The van der Waals surface area contributed by atoms with Crippen LogP contribution in [0.1, 0.15) is 47.0 Å². The van der Waals surface area contributed by atoms with Crippen LogP contribution in [0.2, 0.25) is 0 Å². The summed E-state index contributed by atoms with van der Waals surface area (Å²) in [7, 11) is 3.00. The molecule has 1 unspecified atom stereocenters. The largest absolute Gasteiger partial charge is 2.00 e. The number of halogens is 3. The van der Waals surface area contributed by atoms with Crippen molar-refractivity contribution in [1.29, 1.82) is 0 Å². The fraction of sp³-hybridized carbons (Fsp3) is 0.346. The summed E-state index contributed by atoms with van der Waals surface area (Å²) in [6, 6.07) is 4.49. The van der Waals surface area contributed by atoms with Crippen molar-refractivity contribution < 1.29 is 44.0 Å². The average Bonchev–Trinajstić information content (AvgIpc) is 3.46. The second-order valence-corrected chi connectivity index (χ2v) is 9.29. The van der Waals surface area contributed by atoms with Gasteiger partial charge >= 0.3 is 22.7 Å². The first kappa shape index (κ1) is 29.3. The van der Waals surface area contributed by atoms with Gasteiger partial charge in [-0.05, 0) is 37.0 Å². The molecule has 2 aliphatic rings. The zero-order valence-corrected chi connectivity index (χ0v) is 22.0. The quantitative estimate of drug-likeness (QED) is 0.259. The number of carbonyl (C=O) groups is 1. The predicted molar refractivity (Wildman–Crippen MR) is 129 cm³/mol. The zero-order chi connectivity index (χ0) is 26.6. The van der Waals surface area contributed by atoms with E-state index in [9.17, 15) is 22.8 Å². The van der Waals surface area contributed by atoms with Gasteiger partial charge in [-0.2, -0.15) is 13.2 Å². The molecule has 0 spiro atoms. The van der Waals surface area contributed by atoms with E-state index in [1.54, 1.807) is 18.2 Å². The van der Waals surface area contributed by atoms with E-state index < -0.39 is 17.7 Å². The molecule has 1 aromatic carbocycles. The molecule has 1 saturated carbocycles. The number of benzene rings is 1.